The van der Waals surface area contributed by atoms with Gasteiger partial charge in [0.2, 0.25) is 0 Å². The Morgan fingerprint density at radius 1 is 0.340 bits per heavy atom. The Hall–Kier alpha value is -6.96. The zero-order valence-corrected chi connectivity index (χ0v) is 28.7. The van der Waals surface area contributed by atoms with Crippen LogP contribution >= 0.6 is 0 Å². The van der Waals surface area contributed by atoms with Crippen molar-refractivity contribution in [1.29, 1.82) is 0 Å². The quantitative estimate of drug-likeness (QED) is 0.159. The fourth-order valence-corrected chi connectivity index (χ4v) is 7.83. The molecule has 248 valence electrons. The van der Waals surface area contributed by atoms with Crippen LogP contribution in [0.5, 0.6) is 0 Å². The molecule has 0 aliphatic rings. The molecule has 10 aromatic rings. The smallest absolute Gasteiger partial charge is 0.143 e. The third kappa shape index (κ3) is 5.34. The van der Waals surface area contributed by atoms with Gasteiger partial charge in [-0.15, -0.1) is 0 Å². The van der Waals surface area contributed by atoms with Gasteiger partial charge in [-0.2, -0.15) is 0 Å². The summed E-state index contributed by atoms with van der Waals surface area (Å²) in [5, 5.41) is 4.51. The summed E-state index contributed by atoms with van der Waals surface area (Å²) in [4.78, 5) is 0. The van der Waals surface area contributed by atoms with Gasteiger partial charge in [-0.05, 0) is 83.7 Å². The van der Waals surface area contributed by atoms with Crippen molar-refractivity contribution in [3.8, 4) is 67.0 Å². The van der Waals surface area contributed by atoms with E-state index < -0.39 is 6.04 Å². The van der Waals surface area contributed by atoms with E-state index in [4.69, 9.17) is 11.3 Å². The average molecular weight is 680 g/mol. The van der Waals surface area contributed by atoms with E-state index in [1.54, 1.807) is 0 Å². The minimum Gasteiger partial charge on any atom is -0.455 e. The largest absolute Gasteiger partial charge is 0.455 e. The summed E-state index contributed by atoms with van der Waals surface area (Å²) < 4.78 is 49.9. The van der Waals surface area contributed by atoms with E-state index in [0.29, 0.717) is 5.56 Å². The van der Waals surface area contributed by atoms with Gasteiger partial charge in [0, 0.05) is 16.5 Å². The maximum atomic E-state index is 8.92. The van der Waals surface area contributed by atoms with E-state index in [9.17, 15) is 0 Å². The van der Waals surface area contributed by atoms with Crippen LogP contribution in [-0.4, -0.2) is 0 Å². The van der Waals surface area contributed by atoms with Crippen molar-refractivity contribution in [2.75, 3.05) is 0 Å². The zero-order chi connectivity index (χ0) is 39.5. The van der Waals surface area contributed by atoms with E-state index >= 15 is 0 Å². The van der Waals surface area contributed by atoms with E-state index in [1.165, 1.54) is 0 Å². The van der Waals surface area contributed by atoms with Crippen LogP contribution in [0.2, 0.25) is 0 Å². The molecule has 0 amide bonds. The van der Waals surface area contributed by atoms with E-state index in [1.807, 2.05) is 66.7 Å². The molecule has 0 unspecified atom stereocenters. The molecular weight excluding hydrogens is 641 g/mol. The van der Waals surface area contributed by atoms with Crippen molar-refractivity contribution < 1.29 is 11.3 Å². The van der Waals surface area contributed by atoms with Crippen LogP contribution in [-0.2, 0) is 0 Å². The highest BCUT2D eigenvalue weighted by molar-refractivity contribution is 6.21. The minimum atomic E-state index is -0.405. The Morgan fingerprint density at radius 2 is 0.792 bits per heavy atom. The topological polar surface area (TPSA) is 13.1 Å². The molecule has 0 N–H and O–H groups in total. The van der Waals surface area contributed by atoms with Gasteiger partial charge in [0.1, 0.15) is 11.3 Å². The SMILES string of the molecule is [2H]c1c([2H])c([2H])c(-c2c3ccccc3c(-c3ccc(-c4c(-c5ccccc5)oc5cc(-c6ccccc6)cc(-c6ccccc6)c45)cc3)c3ccccc23)c([2H])c1[2H]. The fraction of sp³-hybridized carbons (Fsp3) is 0. The fourth-order valence-electron chi connectivity index (χ4n) is 7.83. The molecule has 10 rings (SSSR count). The van der Waals surface area contributed by atoms with Crippen molar-refractivity contribution in [3.63, 3.8) is 0 Å². The third-order valence-corrected chi connectivity index (χ3v) is 10.2. The number of benzene rings is 9. The van der Waals surface area contributed by atoms with Gasteiger partial charge in [-0.3, -0.25) is 0 Å². The normalized spacial score (nSPS) is 12.7. The second-order valence-corrected chi connectivity index (χ2v) is 13.2. The lowest BCUT2D eigenvalue weighted by Crippen LogP contribution is -1.91. The summed E-state index contributed by atoms with van der Waals surface area (Å²) in [6.45, 7) is 0. The predicted molar refractivity (Wildman–Crippen MR) is 224 cm³/mol. The highest BCUT2D eigenvalue weighted by Crippen LogP contribution is 2.48. The molecule has 53 heavy (non-hydrogen) atoms. The summed E-state index contributed by atoms with van der Waals surface area (Å²) in [5.74, 6) is 0.796. The molecule has 0 atom stereocenters. The highest BCUT2D eigenvalue weighted by Gasteiger charge is 2.23. The summed E-state index contributed by atoms with van der Waals surface area (Å²) in [6.07, 6.45) is 0. The summed E-state index contributed by atoms with van der Waals surface area (Å²) >= 11 is 0. The van der Waals surface area contributed by atoms with E-state index in [0.717, 1.165) is 88.3 Å². The maximum Gasteiger partial charge on any atom is 0.143 e. The van der Waals surface area contributed by atoms with E-state index in [-0.39, 0.29) is 29.7 Å². The van der Waals surface area contributed by atoms with Crippen molar-refractivity contribution in [1.82, 2.24) is 0 Å². The summed E-state index contributed by atoms with van der Waals surface area (Å²) in [7, 11) is 0. The van der Waals surface area contributed by atoms with E-state index in [2.05, 4.69) is 109 Å². The molecule has 1 aromatic heterocycles. The molecule has 1 nitrogen and oxygen atoms in total. The Kier molecular flexibility index (Phi) is 6.34. The molecule has 1 heteroatoms. The van der Waals surface area contributed by atoms with Crippen molar-refractivity contribution in [3.05, 3.63) is 206 Å². The molecule has 9 aromatic carbocycles. The standard InChI is InChI=1S/C52H34O/c1-5-17-35(18-6-1)41-33-46(36-19-7-2-8-20-36)51-47(34-41)53-52(40-23-11-4-12-24-40)50(51)39-31-29-38(30-32-39)49-44-27-15-13-25-42(44)48(37-21-9-3-10-22-37)43-26-14-16-28-45(43)49/h1-34H/i3D,9D,10D,21D,22D. The highest BCUT2D eigenvalue weighted by atomic mass is 16.3. The van der Waals surface area contributed by atoms with Crippen LogP contribution in [0, 0.1) is 0 Å². The van der Waals surface area contributed by atoms with Crippen LogP contribution in [0.15, 0.2) is 211 Å². The average Bonchev–Trinajstić information content (AvgIpc) is 3.68. The van der Waals surface area contributed by atoms with Gasteiger partial charge in [0.15, 0.2) is 0 Å². The molecule has 0 spiro atoms. The van der Waals surface area contributed by atoms with Crippen molar-refractivity contribution in [2.45, 2.75) is 0 Å². The summed E-state index contributed by atoms with van der Waals surface area (Å²) in [5.41, 5.74) is 11.0. The zero-order valence-electron chi connectivity index (χ0n) is 33.7. The lowest BCUT2D eigenvalue weighted by atomic mass is 9.85. The Balaban J connectivity index is 1.22. The Labute approximate surface area is 316 Å². The first-order valence-corrected chi connectivity index (χ1v) is 17.8. The first kappa shape index (κ1) is 25.9. The first-order valence-electron chi connectivity index (χ1n) is 20.3. The van der Waals surface area contributed by atoms with Gasteiger partial charge in [-0.25, -0.2) is 0 Å². The Bertz CT molecular complexity index is 3110. The monoisotopic (exact) mass is 679 g/mol. The molecule has 0 aliphatic carbocycles. The second-order valence-electron chi connectivity index (χ2n) is 13.2. The van der Waals surface area contributed by atoms with Crippen LogP contribution < -0.4 is 0 Å². The lowest BCUT2D eigenvalue weighted by molar-refractivity contribution is 0.632. The van der Waals surface area contributed by atoms with Crippen molar-refractivity contribution in [2.24, 2.45) is 0 Å². The molecule has 0 radical (unpaired) electrons. The van der Waals surface area contributed by atoms with Crippen molar-refractivity contribution >= 4 is 32.5 Å². The molecular formula is C52H34O. The summed E-state index contributed by atoms with van der Waals surface area (Å²) in [6, 6.07) is 58.6. The van der Waals surface area contributed by atoms with Gasteiger partial charge in [0.25, 0.3) is 0 Å². The van der Waals surface area contributed by atoms with Gasteiger partial charge in [0.05, 0.1) is 6.85 Å². The molecule has 0 fully saturated rings. The van der Waals surface area contributed by atoms with Crippen LogP contribution in [0.3, 0.4) is 0 Å². The second kappa shape index (κ2) is 13.0. The molecule has 0 saturated heterocycles. The first-order chi connectivity index (χ1) is 28.4. The number of hydrogen-bond acceptors (Lipinski definition) is 1. The van der Waals surface area contributed by atoms with Gasteiger partial charge in [-0.1, -0.05) is 194 Å². The Morgan fingerprint density at radius 3 is 1.34 bits per heavy atom. The molecule has 0 saturated carbocycles. The van der Waals surface area contributed by atoms with Gasteiger partial charge >= 0.3 is 0 Å². The van der Waals surface area contributed by atoms with Gasteiger partial charge < -0.3 is 4.42 Å². The molecule has 0 bridgehead atoms. The maximum absolute atomic E-state index is 8.92. The van der Waals surface area contributed by atoms with Crippen LogP contribution in [0.25, 0.3) is 99.5 Å². The molecule has 0 aliphatic heterocycles. The van der Waals surface area contributed by atoms with Crippen LogP contribution in [0.1, 0.15) is 6.85 Å². The number of hydrogen-bond donors (Lipinski definition) is 0. The number of fused-ring (bicyclic) bond motifs is 3. The number of furan rings is 1. The lowest BCUT2D eigenvalue weighted by Gasteiger charge is -2.18. The van der Waals surface area contributed by atoms with Crippen LogP contribution in [0.4, 0.5) is 0 Å². The minimum absolute atomic E-state index is 0.199. The third-order valence-electron chi connectivity index (χ3n) is 10.2. The predicted octanol–water partition coefficient (Wildman–Crippen LogP) is 14.7. The number of rotatable bonds is 6. The molecule has 1 heterocycles.